The van der Waals surface area contributed by atoms with E-state index >= 15 is 0 Å². The van der Waals surface area contributed by atoms with E-state index in [1.54, 1.807) is 12.1 Å². The van der Waals surface area contributed by atoms with Crippen LogP contribution in [0.4, 0.5) is 11.4 Å². The molecule has 0 aromatic heterocycles. The van der Waals surface area contributed by atoms with Gasteiger partial charge in [-0.1, -0.05) is 26.8 Å². The van der Waals surface area contributed by atoms with Crippen LogP contribution in [0.1, 0.15) is 33.6 Å². The first-order valence-electron chi connectivity index (χ1n) is 7.19. The molecule has 21 heavy (non-hydrogen) atoms. The second kappa shape index (κ2) is 7.78. The Hall–Kier alpha value is -1.88. The van der Waals surface area contributed by atoms with Crippen LogP contribution < -0.4 is 16.0 Å². The van der Waals surface area contributed by atoms with Crippen molar-refractivity contribution in [3.63, 3.8) is 0 Å². The smallest absolute Gasteiger partial charge is 0.229 e. The number of carbonyl (C=O) groups excluding carboxylic acids is 2. The first-order valence-corrected chi connectivity index (χ1v) is 7.19. The van der Waals surface area contributed by atoms with Gasteiger partial charge in [0.05, 0.1) is 0 Å². The Morgan fingerprint density at radius 2 is 1.71 bits per heavy atom. The van der Waals surface area contributed by atoms with E-state index < -0.39 is 5.41 Å². The van der Waals surface area contributed by atoms with Crippen molar-refractivity contribution in [2.24, 2.45) is 5.41 Å². The minimum absolute atomic E-state index is 0.0236. The van der Waals surface area contributed by atoms with Crippen LogP contribution in [0.3, 0.4) is 0 Å². The molecule has 0 aliphatic rings. The first-order chi connectivity index (χ1) is 9.82. The third-order valence-corrected chi connectivity index (χ3v) is 2.92. The van der Waals surface area contributed by atoms with Crippen LogP contribution >= 0.6 is 0 Å². The van der Waals surface area contributed by atoms with Crippen molar-refractivity contribution in [1.82, 2.24) is 5.32 Å². The molecule has 5 heteroatoms. The van der Waals surface area contributed by atoms with E-state index in [9.17, 15) is 9.59 Å². The van der Waals surface area contributed by atoms with Crippen molar-refractivity contribution in [2.75, 3.05) is 24.2 Å². The topological polar surface area (TPSA) is 70.2 Å². The Morgan fingerprint density at radius 3 is 2.29 bits per heavy atom. The lowest BCUT2D eigenvalue weighted by atomic mass is 9.95. The summed E-state index contributed by atoms with van der Waals surface area (Å²) >= 11 is 0. The van der Waals surface area contributed by atoms with Crippen LogP contribution in [0.2, 0.25) is 0 Å². The van der Waals surface area contributed by atoms with Crippen molar-refractivity contribution in [3.05, 3.63) is 24.3 Å². The van der Waals surface area contributed by atoms with Gasteiger partial charge in [-0.2, -0.15) is 0 Å². The normalized spacial score (nSPS) is 11.0. The molecule has 116 valence electrons. The van der Waals surface area contributed by atoms with Gasteiger partial charge in [-0.25, -0.2) is 0 Å². The molecular formula is C16H25N3O2. The number of amides is 2. The zero-order chi connectivity index (χ0) is 15.9. The maximum Gasteiger partial charge on any atom is 0.229 e. The lowest BCUT2D eigenvalue weighted by molar-refractivity contribution is -0.123. The predicted octanol–water partition coefficient (Wildman–Crippen LogP) is 2.61. The van der Waals surface area contributed by atoms with E-state index in [0.29, 0.717) is 17.8 Å². The highest BCUT2D eigenvalue weighted by atomic mass is 16.2. The summed E-state index contributed by atoms with van der Waals surface area (Å²) in [5.41, 5.74) is 0.922. The molecule has 0 saturated carbocycles. The molecule has 0 aliphatic heterocycles. The van der Waals surface area contributed by atoms with E-state index in [0.717, 1.165) is 13.0 Å². The van der Waals surface area contributed by atoms with Gasteiger partial charge in [-0.05, 0) is 38.2 Å². The molecular weight excluding hydrogens is 266 g/mol. The Kier molecular flexibility index (Phi) is 6.37. The molecule has 0 aliphatic carbocycles. The van der Waals surface area contributed by atoms with E-state index in [2.05, 4.69) is 16.0 Å². The van der Waals surface area contributed by atoms with Crippen molar-refractivity contribution >= 4 is 23.2 Å². The molecule has 0 atom stereocenters. The lowest BCUT2D eigenvalue weighted by Crippen LogP contribution is -2.27. The van der Waals surface area contributed by atoms with Gasteiger partial charge >= 0.3 is 0 Å². The second-order valence-electron chi connectivity index (χ2n) is 6.04. The lowest BCUT2D eigenvalue weighted by Gasteiger charge is -2.18. The summed E-state index contributed by atoms with van der Waals surface area (Å²) in [6.07, 6.45) is 1.27. The summed E-state index contributed by atoms with van der Waals surface area (Å²) in [6, 6.07) is 7.18. The van der Waals surface area contributed by atoms with Crippen molar-refractivity contribution in [2.45, 2.75) is 33.6 Å². The molecule has 1 aromatic rings. The van der Waals surface area contributed by atoms with Crippen molar-refractivity contribution in [1.29, 1.82) is 0 Å². The van der Waals surface area contributed by atoms with Gasteiger partial charge in [-0.15, -0.1) is 0 Å². The summed E-state index contributed by atoms with van der Waals surface area (Å²) in [5.74, 6) is -0.0791. The largest absolute Gasteiger partial charge is 0.326 e. The fraction of sp³-hybridized carbons (Fsp3) is 0.500. The quantitative estimate of drug-likeness (QED) is 0.706. The van der Waals surface area contributed by atoms with Crippen molar-refractivity contribution in [3.8, 4) is 0 Å². The predicted molar refractivity (Wildman–Crippen MR) is 86.3 cm³/mol. The highest BCUT2D eigenvalue weighted by molar-refractivity contribution is 5.96. The first kappa shape index (κ1) is 17.2. The molecule has 0 saturated heterocycles. The average molecular weight is 291 g/mol. The third-order valence-electron chi connectivity index (χ3n) is 2.92. The maximum atomic E-state index is 11.9. The van der Waals surface area contributed by atoms with Gasteiger partial charge in [0.25, 0.3) is 0 Å². The summed E-state index contributed by atoms with van der Waals surface area (Å²) < 4.78 is 0. The highest BCUT2D eigenvalue weighted by Crippen LogP contribution is 2.20. The average Bonchev–Trinajstić information content (AvgIpc) is 2.38. The standard InChI is InChI=1S/C16H25N3O2/c1-16(2,3)15(21)19-13-8-5-7-12(11-13)18-14(20)9-6-10-17-4/h5,7-8,11,17H,6,9-10H2,1-4H3,(H,18,20)(H,19,21). The zero-order valence-corrected chi connectivity index (χ0v) is 13.2. The van der Waals surface area contributed by atoms with Crippen molar-refractivity contribution < 1.29 is 9.59 Å². The Labute approximate surface area is 126 Å². The van der Waals surface area contributed by atoms with Gasteiger partial charge < -0.3 is 16.0 Å². The molecule has 2 amide bonds. The molecule has 0 fully saturated rings. The molecule has 3 N–H and O–H groups in total. The number of nitrogens with one attached hydrogen (secondary N) is 3. The Balaban J connectivity index is 2.60. The number of benzene rings is 1. The molecule has 1 rings (SSSR count). The molecule has 0 heterocycles. The summed E-state index contributed by atoms with van der Waals surface area (Å²) in [6.45, 7) is 6.39. The van der Waals surface area contributed by atoms with Crippen LogP contribution in [0.25, 0.3) is 0 Å². The van der Waals surface area contributed by atoms with E-state index in [4.69, 9.17) is 0 Å². The third kappa shape index (κ3) is 6.40. The van der Waals surface area contributed by atoms with E-state index in [1.807, 2.05) is 40.0 Å². The van der Waals surface area contributed by atoms with Crippen LogP contribution in [0.5, 0.6) is 0 Å². The minimum atomic E-state index is -0.452. The molecule has 5 nitrogen and oxygen atoms in total. The minimum Gasteiger partial charge on any atom is -0.326 e. The highest BCUT2D eigenvalue weighted by Gasteiger charge is 2.21. The summed E-state index contributed by atoms with van der Waals surface area (Å²) in [7, 11) is 1.86. The van der Waals surface area contributed by atoms with Crippen LogP contribution in [0.15, 0.2) is 24.3 Å². The Bertz CT molecular complexity index is 493. The van der Waals surface area contributed by atoms with Gasteiger partial charge in [0.1, 0.15) is 0 Å². The number of hydrogen-bond donors (Lipinski definition) is 3. The summed E-state index contributed by atoms with van der Waals surface area (Å²) in [5, 5.41) is 8.69. The molecule has 0 radical (unpaired) electrons. The number of anilines is 2. The van der Waals surface area contributed by atoms with Crippen LogP contribution in [-0.2, 0) is 9.59 Å². The van der Waals surface area contributed by atoms with Crippen LogP contribution in [0, 0.1) is 5.41 Å². The van der Waals surface area contributed by atoms with Crippen LogP contribution in [-0.4, -0.2) is 25.4 Å². The molecule has 1 aromatic carbocycles. The molecule has 0 bridgehead atoms. The maximum absolute atomic E-state index is 11.9. The zero-order valence-electron chi connectivity index (χ0n) is 13.2. The molecule has 0 spiro atoms. The fourth-order valence-electron chi connectivity index (χ4n) is 1.64. The SMILES string of the molecule is CNCCCC(=O)Nc1cccc(NC(=O)C(C)(C)C)c1. The van der Waals surface area contributed by atoms with Gasteiger partial charge in [0.15, 0.2) is 0 Å². The van der Waals surface area contributed by atoms with Gasteiger partial charge in [0, 0.05) is 23.2 Å². The number of carbonyl (C=O) groups is 2. The second-order valence-corrected chi connectivity index (χ2v) is 6.04. The van der Waals surface area contributed by atoms with Gasteiger partial charge in [0.2, 0.25) is 11.8 Å². The Morgan fingerprint density at radius 1 is 1.10 bits per heavy atom. The molecule has 0 unspecified atom stereocenters. The fourth-order valence-corrected chi connectivity index (χ4v) is 1.64. The van der Waals surface area contributed by atoms with E-state index in [-0.39, 0.29) is 11.8 Å². The summed E-state index contributed by atoms with van der Waals surface area (Å²) in [4.78, 5) is 23.7. The monoisotopic (exact) mass is 291 g/mol. The van der Waals surface area contributed by atoms with E-state index in [1.165, 1.54) is 0 Å². The van der Waals surface area contributed by atoms with Gasteiger partial charge in [-0.3, -0.25) is 9.59 Å². The number of hydrogen-bond acceptors (Lipinski definition) is 3. The number of rotatable bonds is 6.